The van der Waals surface area contributed by atoms with Crippen LogP contribution >= 0.6 is 0 Å². The van der Waals surface area contributed by atoms with Crippen molar-refractivity contribution in [3.63, 3.8) is 0 Å². The maximum atomic E-state index is 5.98. The van der Waals surface area contributed by atoms with Gasteiger partial charge in [-0.1, -0.05) is 37.6 Å². The first-order valence-corrected chi connectivity index (χ1v) is 4.18. The van der Waals surface area contributed by atoms with Crippen LogP contribution in [0.1, 0.15) is 27.2 Å². The monoisotopic (exact) mass is 151 g/mol. The summed E-state index contributed by atoms with van der Waals surface area (Å²) in [7, 11) is 0. The summed E-state index contributed by atoms with van der Waals surface area (Å²) in [5.74, 6) is 0.628. The molecular weight excluding hydrogens is 134 g/mol. The number of allylic oxidation sites excluding steroid dienone is 2. The molecular formula is C10H17N. The lowest BCUT2D eigenvalue weighted by Crippen LogP contribution is -2.35. The first-order valence-electron chi connectivity index (χ1n) is 4.18. The Balaban J connectivity index is 2.73. The molecule has 1 unspecified atom stereocenters. The smallest absolute Gasteiger partial charge is 0.0351 e. The van der Waals surface area contributed by atoms with E-state index in [1.54, 1.807) is 0 Å². The standard InChI is InChI=1S/C10H17N/c1-8(2)9-5-4-6-10(3,11)7-9/h4-6,8H,7,11H2,1-3H3. The fourth-order valence-corrected chi connectivity index (χ4v) is 1.35. The van der Waals surface area contributed by atoms with Gasteiger partial charge >= 0.3 is 0 Å². The second-order valence-corrected chi connectivity index (χ2v) is 3.94. The molecule has 1 aliphatic rings. The predicted octanol–water partition coefficient (Wildman–Crippen LogP) is 2.25. The lowest BCUT2D eigenvalue weighted by atomic mass is 9.84. The van der Waals surface area contributed by atoms with E-state index < -0.39 is 0 Å². The molecule has 11 heavy (non-hydrogen) atoms. The zero-order valence-corrected chi connectivity index (χ0v) is 7.59. The average molecular weight is 151 g/mol. The fourth-order valence-electron chi connectivity index (χ4n) is 1.35. The molecule has 0 saturated heterocycles. The molecule has 62 valence electrons. The van der Waals surface area contributed by atoms with Crippen LogP contribution in [-0.4, -0.2) is 5.54 Å². The van der Waals surface area contributed by atoms with Gasteiger partial charge in [0.2, 0.25) is 0 Å². The van der Waals surface area contributed by atoms with Crippen molar-refractivity contribution in [3.8, 4) is 0 Å². The molecule has 0 aromatic rings. The van der Waals surface area contributed by atoms with Crippen molar-refractivity contribution in [2.75, 3.05) is 0 Å². The van der Waals surface area contributed by atoms with Gasteiger partial charge in [-0.25, -0.2) is 0 Å². The van der Waals surface area contributed by atoms with Crippen LogP contribution in [0, 0.1) is 5.92 Å². The van der Waals surface area contributed by atoms with Crippen molar-refractivity contribution < 1.29 is 0 Å². The van der Waals surface area contributed by atoms with Gasteiger partial charge in [0, 0.05) is 5.54 Å². The van der Waals surface area contributed by atoms with E-state index in [0.29, 0.717) is 5.92 Å². The molecule has 0 spiro atoms. The van der Waals surface area contributed by atoms with Gasteiger partial charge in [-0.3, -0.25) is 0 Å². The van der Waals surface area contributed by atoms with E-state index in [0.717, 1.165) is 6.42 Å². The Hall–Kier alpha value is -0.560. The highest BCUT2D eigenvalue weighted by atomic mass is 14.7. The second kappa shape index (κ2) is 2.82. The molecule has 0 saturated carbocycles. The van der Waals surface area contributed by atoms with Gasteiger partial charge < -0.3 is 5.73 Å². The Morgan fingerprint density at radius 1 is 1.55 bits per heavy atom. The molecule has 0 amide bonds. The fraction of sp³-hybridized carbons (Fsp3) is 0.600. The lowest BCUT2D eigenvalue weighted by Gasteiger charge is -2.26. The van der Waals surface area contributed by atoms with Gasteiger partial charge in [0.05, 0.1) is 0 Å². The third-order valence-electron chi connectivity index (χ3n) is 2.11. The van der Waals surface area contributed by atoms with E-state index in [-0.39, 0.29) is 5.54 Å². The maximum absolute atomic E-state index is 5.98. The minimum Gasteiger partial charge on any atom is -0.322 e. The van der Waals surface area contributed by atoms with Crippen molar-refractivity contribution in [3.05, 3.63) is 23.8 Å². The Morgan fingerprint density at radius 3 is 2.55 bits per heavy atom. The molecule has 0 aromatic carbocycles. The Bertz CT molecular complexity index is 197. The first kappa shape index (κ1) is 8.54. The van der Waals surface area contributed by atoms with Gasteiger partial charge in [-0.05, 0) is 19.3 Å². The SMILES string of the molecule is CC(C)C1=CC=CC(C)(N)C1. The summed E-state index contributed by atoms with van der Waals surface area (Å²) in [6.07, 6.45) is 7.32. The summed E-state index contributed by atoms with van der Waals surface area (Å²) < 4.78 is 0. The number of nitrogens with two attached hydrogens (primary N) is 1. The van der Waals surface area contributed by atoms with Crippen LogP contribution in [0.5, 0.6) is 0 Å². The third-order valence-corrected chi connectivity index (χ3v) is 2.11. The molecule has 0 fully saturated rings. The highest BCUT2D eigenvalue weighted by molar-refractivity contribution is 5.26. The van der Waals surface area contributed by atoms with Crippen LogP contribution in [0.4, 0.5) is 0 Å². The molecule has 1 heteroatoms. The second-order valence-electron chi connectivity index (χ2n) is 3.94. The summed E-state index contributed by atoms with van der Waals surface area (Å²) >= 11 is 0. The van der Waals surface area contributed by atoms with Gasteiger partial charge in [0.15, 0.2) is 0 Å². The predicted molar refractivity (Wildman–Crippen MR) is 49.3 cm³/mol. The topological polar surface area (TPSA) is 26.0 Å². The minimum atomic E-state index is -0.117. The Labute approximate surface area is 69.0 Å². The van der Waals surface area contributed by atoms with Gasteiger partial charge in [-0.2, -0.15) is 0 Å². The van der Waals surface area contributed by atoms with E-state index in [2.05, 4.69) is 39.0 Å². The molecule has 0 bridgehead atoms. The van der Waals surface area contributed by atoms with Crippen molar-refractivity contribution in [2.24, 2.45) is 11.7 Å². The number of hydrogen-bond acceptors (Lipinski definition) is 1. The average Bonchev–Trinajstić information content (AvgIpc) is 1.85. The summed E-state index contributed by atoms with van der Waals surface area (Å²) in [6, 6.07) is 0. The summed E-state index contributed by atoms with van der Waals surface area (Å²) in [5.41, 5.74) is 7.32. The molecule has 1 atom stereocenters. The zero-order valence-electron chi connectivity index (χ0n) is 7.59. The summed E-state index contributed by atoms with van der Waals surface area (Å²) in [5, 5.41) is 0. The van der Waals surface area contributed by atoms with Gasteiger partial charge in [0.25, 0.3) is 0 Å². The highest BCUT2D eigenvalue weighted by Gasteiger charge is 2.20. The molecule has 1 rings (SSSR count). The van der Waals surface area contributed by atoms with E-state index in [1.165, 1.54) is 5.57 Å². The van der Waals surface area contributed by atoms with Gasteiger partial charge in [0.1, 0.15) is 0 Å². The van der Waals surface area contributed by atoms with E-state index in [4.69, 9.17) is 5.73 Å². The number of hydrogen-bond donors (Lipinski definition) is 1. The largest absolute Gasteiger partial charge is 0.322 e. The molecule has 0 aliphatic heterocycles. The van der Waals surface area contributed by atoms with Crippen LogP contribution in [0.3, 0.4) is 0 Å². The summed E-state index contributed by atoms with van der Waals surface area (Å²) in [6.45, 7) is 6.49. The molecule has 0 aromatic heterocycles. The zero-order chi connectivity index (χ0) is 8.48. The van der Waals surface area contributed by atoms with Crippen LogP contribution in [0.15, 0.2) is 23.8 Å². The van der Waals surface area contributed by atoms with Crippen molar-refractivity contribution in [1.29, 1.82) is 0 Å². The van der Waals surface area contributed by atoms with Crippen molar-refractivity contribution in [1.82, 2.24) is 0 Å². The van der Waals surface area contributed by atoms with E-state index in [1.807, 2.05) is 0 Å². The third kappa shape index (κ3) is 2.19. The maximum Gasteiger partial charge on any atom is 0.0351 e. The minimum absolute atomic E-state index is 0.117. The number of rotatable bonds is 1. The van der Waals surface area contributed by atoms with Crippen molar-refractivity contribution in [2.45, 2.75) is 32.7 Å². The summed E-state index contributed by atoms with van der Waals surface area (Å²) in [4.78, 5) is 0. The van der Waals surface area contributed by atoms with Crippen LogP contribution in [0.2, 0.25) is 0 Å². The molecule has 0 radical (unpaired) electrons. The molecule has 0 heterocycles. The molecule has 1 nitrogen and oxygen atoms in total. The van der Waals surface area contributed by atoms with Crippen LogP contribution in [0.25, 0.3) is 0 Å². The van der Waals surface area contributed by atoms with E-state index in [9.17, 15) is 0 Å². The Kier molecular flexibility index (Phi) is 2.19. The van der Waals surface area contributed by atoms with Crippen LogP contribution in [-0.2, 0) is 0 Å². The Morgan fingerprint density at radius 2 is 2.18 bits per heavy atom. The lowest BCUT2D eigenvalue weighted by molar-refractivity contribution is 0.535. The normalized spacial score (nSPS) is 30.8. The highest BCUT2D eigenvalue weighted by Crippen LogP contribution is 2.25. The quantitative estimate of drug-likeness (QED) is 0.611. The van der Waals surface area contributed by atoms with Crippen molar-refractivity contribution >= 4 is 0 Å². The molecule has 2 N–H and O–H groups in total. The molecule has 1 aliphatic carbocycles. The first-order chi connectivity index (χ1) is 5.01. The van der Waals surface area contributed by atoms with E-state index >= 15 is 0 Å². The van der Waals surface area contributed by atoms with Gasteiger partial charge in [-0.15, -0.1) is 0 Å². The van der Waals surface area contributed by atoms with Crippen LogP contribution < -0.4 is 5.73 Å².